The highest BCUT2D eigenvalue weighted by atomic mass is 19.4. The zero-order chi connectivity index (χ0) is 18.4. The second kappa shape index (κ2) is 8.33. The van der Waals surface area contributed by atoms with Crippen LogP contribution in [0.15, 0.2) is 24.3 Å². The van der Waals surface area contributed by atoms with Gasteiger partial charge < -0.3 is 10.1 Å². The lowest BCUT2D eigenvalue weighted by Crippen LogP contribution is -2.44. The van der Waals surface area contributed by atoms with Gasteiger partial charge in [-0.15, -0.1) is 0 Å². The van der Waals surface area contributed by atoms with Crippen molar-refractivity contribution in [1.29, 1.82) is 0 Å². The number of likely N-dealkylation sites (tertiary alicyclic amines) is 1. The number of nitrogens with zero attached hydrogens (tertiary/aromatic N) is 1. The molecule has 1 aliphatic rings. The molecule has 1 saturated heterocycles. The summed E-state index contributed by atoms with van der Waals surface area (Å²) in [5.41, 5.74) is 0.839. The average Bonchev–Trinajstić information content (AvgIpc) is 2.55. The number of alkyl halides is 3. The monoisotopic (exact) mass is 358 g/mol. The van der Waals surface area contributed by atoms with Gasteiger partial charge >= 0.3 is 12.1 Å². The number of rotatable bonds is 5. The van der Waals surface area contributed by atoms with E-state index in [0.29, 0.717) is 24.2 Å². The smallest absolute Gasteiger partial charge is 0.393 e. The number of benzene rings is 1. The van der Waals surface area contributed by atoms with Gasteiger partial charge in [-0.05, 0) is 50.6 Å². The van der Waals surface area contributed by atoms with E-state index in [1.54, 1.807) is 19.1 Å². The lowest BCUT2D eigenvalue weighted by molar-refractivity contribution is -0.186. The van der Waals surface area contributed by atoms with Gasteiger partial charge in [-0.3, -0.25) is 9.69 Å². The van der Waals surface area contributed by atoms with Crippen LogP contribution in [-0.2, 0) is 9.53 Å². The fraction of sp³-hybridized carbons (Fsp3) is 0.529. The molecule has 0 aromatic heterocycles. The average molecular weight is 358 g/mol. The van der Waals surface area contributed by atoms with E-state index in [2.05, 4.69) is 5.32 Å². The summed E-state index contributed by atoms with van der Waals surface area (Å²) in [6.07, 6.45) is -3.69. The number of nitrogens with one attached hydrogen (secondary N) is 1. The molecule has 1 aromatic carbocycles. The van der Waals surface area contributed by atoms with Crippen LogP contribution in [0.5, 0.6) is 0 Å². The second-order valence-corrected chi connectivity index (χ2v) is 5.96. The number of halogens is 3. The number of piperidine rings is 1. The van der Waals surface area contributed by atoms with Crippen molar-refractivity contribution in [3.05, 3.63) is 29.8 Å². The highest BCUT2D eigenvalue weighted by Crippen LogP contribution is 2.32. The lowest BCUT2D eigenvalue weighted by atomic mass is 9.97. The molecule has 5 nitrogen and oxygen atoms in total. The third-order valence-corrected chi connectivity index (χ3v) is 4.02. The molecule has 1 unspecified atom stereocenters. The minimum atomic E-state index is -4.22. The van der Waals surface area contributed by atoms with Crippen LogP contribution >= 0.6 is 0 Å². The van der Waals surface area contributed by atoms with Crippen molar-refractivity contribution < 1.29 is 27.5 Å². The number of ether oxygens (including phenoxy) is 1. The maximum Gasteiger partial charge on any atom is 0.393 e. The van der Waals surface area contributed by atoms with Gasteiger partial charge in [-0.25, -0.2) is 4.79 Å². The van der Waals surface area contributed by atoms with Crippen molar-refractivity contribution in [2.24, 2.45) is 5.92 Å². The predicted molar refractivity (Wildman–Crippen MR) is 86.2 cm³/mol. The van der Waals surface area contributed by atoms with Crippen molar-refractivity contribution in [2.75, 3.05) is 31.6 Å². The van der Waals surface area contributed by atoms with Crippen LogP contribution in [0.2, 0.25) is 0 Å². The normalized spacial score (nSPS) is 18.6. The molecule has 1 heterocycles. The largest absolute Gasteiger partial charge is 0.462 e. The van der Waals surface area contributed by atoms with Gasteiger partial charge in [0.2, 0.25) is 5.91 Å². The van der Waals surface area contributed by atoms with E-state index in [1.165, 1.54) is 17.0 Å². The number of carbonyl (C=O) groups is 2. The number of hydrogen-bond donors (Lipinski definition) is 1. The van der Waals surface area contributed by atoms with Gasteiger partial charge in [0, 0.05) is 12.2 Å². The SMILES string of the molecule is CCOC(=O)c1ccc(NC(=O)CN2CCCC(C(F)(F)F)C2)cc1. The first-order valence-corrected chi connectivity index (χ1v) is 8.15. The summed E-state index contributed by atoms with van der Waals surface area (Å²) >= 11 is 0. The van der Waals surface area contributed by atoms with Crippen LogP contribution in [0.4, 0.5) is 18.9 Å². The summed E-state index contributed by atoms with van der Waals surface area (Å²) in [5.74, 6) is -2.21. The van der Waals surface area contributed by atoms with E-state index in [0.717, 1.165) is 0 Å². The molecule has 1 amide bonds. The molecule has 0 saturated carbocycles. The third kappa shape index (κ3) is 5.74. The number of carbonyl (C=O) groups excluding carboxylic acids is 2. The molecule has 0 aliphatic carbocycles. The Balaban J connectivity index is 1.86. The van der Waals surface area contributed by atoms with Crippen LogP contribution in [0.3, 0.4) is 0 Å². The number of esters is 1. The van der Waals surface area contributed by atoms with Gasteiger partial charge in [-0.1, -0.05) is 0 Å². The molecule has 1 fully saturated rings. The Morgan fingerprint density at radius 1 is 1.28 bits per heavy atom. The van der Waals surface area contributed by atoms with E-state index in [1.807, 2.05) is 0 Å². The third-order valence-electron chi connectivity index (χ3n) is 4.02. The number of amides is 1. The molecule has 1 aromatic rings. The Morgan fingerprint density at radius 3 is 2.56 bits per heavy atom. The molecule has 1 N–H and O–H groups in total. The van der Waals surface area contributed by atoms with E-state index < -0.39 is 18.1 Å². The zero-order valence-corrected chi connectivity index (χ0v) is 13.9. The van der Waals surface area contributed by atoms with Crippen LogP contribution in [0.25, 0.3) is 0 Å². The van der Waals surface area contributed by atoms with E-state index in [9.17, 15) is 22.8 Å². The molecule has 2 rings (SSSR count). The first-order chi connectivity index (χ1) is 11.8. The Morgan fingerprint density at radius 2 is 1.96 bits per heavy atom. The zero-order valence-electron chi connectivity index (χ0n) is 13.9. The fourth-order valence-electron chi connectivity index (χ4n) is 2.77. The Bertz CT molecular complexity index is 602. The Hall–Kier alpha value is -2.09. The first-order valence-electron chi connectivity index (χ1n) is 8.15. The Labute approximate surface area is 144 Å². The summed E-state index contributed by atoms with van der Waals surface area (Å²) in [5, 5.41) is 2.63. The van der Waals surface area contributed by atoms with Crippen molar-refractivity contribution in [2.45, 2.75) is 25.9 Å². The highest BCUT2D eigenvalue weighted by Gasteiger charge is 2.41. The highest BCUT2D eigenvalue weighted by molar-refractivity contribution is 5.94. The summed E-state index contributed by atoms with van der Waals surface area (Å²) in [6, 6.07) is 6.15. The summed E-state index contributed by atoms with van der Waals surface area (Å²) < 4.78 is 43.2. The van der Waals surface area contributed by atoms with Crippen LogP contribution in [0, 0.1) is 5.92 Å². The molecular weight excluding hydrogens is 337 g/mol. The van der Waals surface area contributed by atoms with Gasteiger partial charge in [0.25, 0.3) is 0 Å². The van der Waals surface area contributed by atoms with Gasteiger partial charge in [0.15, 0.2) is 0 Å². The lowest BCUT2D eigenvalue weighted by Gasteiger charge is -2.33. The second-order valence-electron chi connectivity index (χ2n) is 5.96. The number of anilines is 1. The van der Waals surface area contributed by atoms with E-state index >= 15 is 0 Å². The van der Waals surface area contributed by atoms with Crippen LogP contribution in [0.1, 0.15) is 30.1 Å². The van der Waals surface area contributed by atoms with Crippen LogP contribution < -0.4 is 5.32 Å². The standard InChI is InChI=1S/C17H21F3N2O3/c1-2-25-16(24)12-5-7-14(8-6-12)21-15(23)11-22-9-3-4-13(10-22)17(18,19)20/h5-8,13H,2-4,9-11H2,1H3,(H,21,23). The molecule has 25 heavy (non-hydrogen) atoms. The summed E-state index contributed by atoms with van der Waals surface area (Å²) in [6.45, 7) is 2.20. The van der Waals surface area contributed by atoms with Crippen molar-refractivity contribution >= 4 is 17.6 Å². The van der Waals surface area contributed by atoms with Gasteiger partial charge in [0.1, 0.15) is 0 Å². The Kier molecular flexibility index (Phi) is 6.41. The summed E-state index contributed by atoms with van der Waals surface area (Å²) in [4.78, 5) is 25.1. The molecule has 0 radical (unpaired) electrons. The maximum absolute atomic E-state index is 12.8. The fourth-order valence-corrected chi connectivity index (χ4v) is 2.77. The molecule has 0 bridgehead atoms. The molecule has 1 aliphatic heterocycles. The number of hydrogen-bond acceptors (Lipinski definition) is 4. The van der Waals surface area contributed by atoms with E-state index in [-0.39, 0.29) is 32.0 Å². The minimum Gasteiger partial charge on any atom is -0.462 e. The molecule has 1 atom stereocenters. The minimum absolute atomic E-state index is 0.0911. The summed E-state index contributed by atoms with van der Waals surface area (Å²) in [7, 11) is 0. The molecular formula is C17H21F3N2O3. The molecule has 138 valence electrons. The van der Waals surface area contributed by atoms with Gasteiger partial charge in [-0.2, -0.15) is 13.2 Å². The van der Waals surface area contributed by atoms with E-state index in [4.69, 9.17) is 4.74 Å². The van der Waals surface area contributed by atoms with Crippen molar-refractivity contribution in [1.82, 2.24) is 4.90 Å². The van der Waals surface area contributed by atoms with Gasteiger partial charge in [0.05, 0.1) is 24.6 Å². The molecule has 0 spiro atoms. The topological polar surface area (TPSA) is 58.6 Å². The maximum atomic E-state index is 12.8. The van der Waals surface area contributed by atoms with Crippen molar-refractivity contribution in [3.63, 3.8) is 0 Å². The molecule has 8 heteroatoms. The quantitative estimate of drug-likeness (QED) is 0.822. The van der Waals surface area contributed by atoms with Crippen LogP contribution in [-0.4, -0.2) is 49.2 Å². The van der Waals surface area contributed by atoms with Crippen molar-refractivity contribution in [3.8, 4) is 0 Å². The first kappa shape index (κ1) is 19.2. The predicted octanol–water partition coefficient (Wildman–Crippen LogP) is 3.08.